The van der Waals surface area contributed by atoms with Crippen molar-refractivity contribution < 1.29 is 18.7 Å². The van der Waals surface area contributed by atoms with Crippen molar-refractivity contribution in [2.75, 3.05) is 6.61 Å². The lowest BCUT2D eigenvalue weighted by Gasteiger charge is -2.26. The van der Waals surface area contributed by atoms with E-state index in [2.05, 4.69) is 12.2 Å². The first-order chi connectivity index (χ1) is 13.0. The second kappa shape index (κ2) is 8.12. The van der Waals surface area contributed by atoms with Gasteiger partial charge in [-0.3, -0.25) is 9.36 Å². The Morgan fingerprint density at radius 3 is 2.59 bits per heavy atom. The molecule has 2 aromatic heterocycles. The van der Waals surface area contributed by atoms with Crippen molar-refractivity contribution in [2.24, 2.45) is 5.92 Å². The van der Waals surface area contributed by atoms with E-state index in [4.69, 9.17) is 9.15 Å². The molecule has 1 aliphatic carbocycles. The molecule has 0 aromatic carbocycles. The van der Waals surface area contributed by atoms with Crippen LogP contribution in [-0.2, 0) is 9.53 Å². The molecule has 0 aliphatic heterocycles. The van der Waals surface area contributed by atoms with Gasteiger partial charge in [0.1, 0.15) is 23.0 Å². The molecule has 1 fully saturated rings. The molecule has 1 N–H and O–H groups in total. The van der Waals surface area contributed by atoms with E-state index in [0.29, 0.717) is 5.92 Å². The summed E-state index contributed by atoms with van der Waals surface area (Å²) in [6.45, 7) is 3.43. The molecule has 7 nitrogen and oxygen atoms in total. The van der Waals surface area contributed by atoms with Crippen molar-refractivity contribution in [2.45, 2.75) is 45.6 Å². The minimum absolute atomic E-state index is 0.0560. The average molecular weight is 369 g/mol. The van der Waals surface area contributed by atoms with E-state index in [-0.39, 0.29) is 41.3 Å². The van der Waals surface area contributed by atoms with Gasteiger partial charge in [0.2, 0.25) is 5.88 Å². The fourth-order valence-electron chi connectivity index (χ4n) is 3.41. The highest BCUT2D eigenvalue weighted by Gasteiger charge is 2.26. The van der Waals surface area contributed by atoms with Crippen LogP contribution < -0.4 is 5.32 Å². The van der Waals surface area contributed by atoms with Crippen LogP contribution in [0.4, 0.5) is 0 Å². The molecule has 0 unspecified atom stereocenters. The highest BCUT2D eigenvalue weighted by Crippen LogP contribution is 2.26. The van der Waals surface area contributed by atoms with Crippen molar-refractivity contribution >= 4 is 11.9 Å². The van der Waals surface area contributed by atoms with Crippen molar-refractivity contribution in [3.8, 4) is 12.0 Å². The molecule has 0 spiro atoms. The molecular weight excluding hydrogens is 346 g/mol. The molecule has 1 amide bonds. The summed E-state index contributed by atoms with van der Waals surface area (Å²) in [5, 5.41) is 12.4. The summed E-state index contributed by atoms with van der Waals surface area (Å²) in [5.41, 5.74) is 0.149. The predicted molar refractivity (Wildman–Crippen MR) is 97.3 cm³/mol. The molecule has 7 heteroatoms. The van der Waals surface area contributed by atoms with Gasteiger partial charge < -0.3 is 14.5 Å². The molecule has 0 saturated heterocycles. The molecule has 0 atom stereocenters. The first-order valence-corrected chi connectivity index (χ1v) is 9.13. The standard InChI is InChI=1S/C20H23N3O4/c1-13-5-7-15(8-6-13)22-17(24)12-26-20(25)18-14(2)27-19(16(18)11-21)23-9-3-4-10-23/h3-4,9-10,13,15H,5-8,12H2,1-2H3,(H,22,24). The second-order valence-corrected chi connectivity index (χ2v) is 7.02. The van der Waals surface area contributed by atoms with Crippen LogP contribution in [0.5, 0.6) is 0 Å². The Hall–Kier alpha value is -3.01. The van der Waals surface area contributed by atoms with Gasteiger partial charge in [-0.25, -0.2) is 4.79 Å². The lowest BCUT2D eigenvalue weighted by molar-refractivity contribution is -0.125. The maximum Gasteiger partial charge on any atom is 0.343 e. The zero-order chi connectivity index (χ0) is 19.4. The van der Waals surface area contributed by atoms with Crippen LogP contribution in [0.3, 0.4) is 0 Å². The third kappa shape index (κ3) is 4.22. The Morgan fingerprint density at radius 1 is 1.30 bits per heavy atom. The molecule has 3 rings (SSSR count). The third-order valence-corrected chi connectivity index (χ3v) is 4.94. The third-order valence-electron chi connectivity index (χ3n) is 4.94. The minimum atomic E-state index is -0.737. The van der Waals surface area contributed by atoms with E-state index in [9.17, 15) is 14.9 Å². The molecule has 27 heavy (non-hydrogen) atoms. The maximum atomic E-state index is 12.4. The van der Waals surface area contributed by atoms with Crippen LogP contribution in [0.1, 0.15) is 54.3 Å². The van der Waals surface area contributed by atoms with Gasteiger partial charge in [-0.05, 0) is 50.7 Å². The Balaban J connectivity index is 1.63. The number of amides is 1. The highest BCUT2D eigenvalue weighted by atomic mass is 16.5. The van der Waals surface area contributed by atoms with Gasteiger partial charge >= 0.3 is 5.97 Å². The zero-order valence-electron chi connectivity index (χ0n) is 15.5. The highest BCUT2D eigenvalue weighted by molar-refractivity contribution is 5.95. The Bertz CT molecular complexity index is 853. The van der Waals surface area contributed by atoms with Gasteiger partial charge in [0, 0.05) is 18.4 Å². The largest absolute Gasteiger partial charge is 0.452 e. The number of esters is 1. The lowest BCUT2D eigenvalue weighted by atomic mass is 9.87. The summed E-state index contributed by atoms with van der Waals surface area (Å²) < 4.78 is 12.3. The number of carbonyl (C=O) groups excluding carboxylic acids is 2. The summed E-state index contributed by atoms with van der Waals surface area (Å²) in [5.74, 6) is 0.167. The van der Waals surface area contributed by atoms with E-state index >= 15 is 0 Å². The van der Waals surface area contributed by atoms with Gasteiger partial charge in [-0.15, -0.1) is 0 Å². The summed E-state index contributed by atoms with van der Waals surface area (Å²) in [6, 6.07) is 5.70. The van der Waals surface area contributed by atoms with Gasteiger partial charge in [0.15, 0.2) is 6.61 Å². The van der Waals surface area contributed by atoms with Crippen molar-refractivity contribution in [3.63, 3.8) is 0 Å². The van der Waals surface area contributed by atoms with Crippen LogP contribution in [0, 0.1) is 24.2 Å². The van der Waals surface area contributed by atoms with E-state index in [0.717, 1.165) is 25.7 Å². The zero-order valence-corrected chi connectivity index (χ0v) is 15.5. The first-order valence-electron chi connectivity index (χ1n) is 9.13. The number of hydrogen-bond donors (Lipinski definition) is 1. The van der Waals surface area contributed by atoms with E-state index in [1.165, 1.54) is 0 Å². The summed E-state index contributed by atoms with van der Waals surface area (Å²) in [4.78, 5) is 24.5. The van der Waals surface area contributed by atoms with Crippen LogP contribution in [0.15, 0.2) is 28.9 Å². The summed E-state index contributed by atoms with van der Waals surface area (Å²) in [7, 11) is 0. The topological polar surface area (TPSA) is 97.3 Å². The number of nitriles is 1. The lowest BCUT2D eigenvalue weighted by Crippen LogP contribution is -2.39. The first kappa shape index (κ1) is 18.8. The Morgan fingerprint density at radius 2 is 1.96 bits per heavy atom. The molecule has 1 aliphatic rings. The van der Waals surface area contributed by atoms with E-state index in [1.807, 2.05) is 6.07 Å². The van der Waals surface area contributed by atoms with Crippen LogP contribution in [-0.4, -0.2) is 29.1 Å². The Kier molecular flexibility index (Phi) is 5.65. The number of aryl methyl sites for hydroxylation is 1. The van der Waals surface area contributed by atoms with E-state index in [1.54, 1.807) is 36.0 Å². The predicted octanol–water partition coefficient (Wildman–Crippen LogP) is 3.10. The van der Waals surface area contributed by atoms with Crippen LogP contribution in [0.25, 0.3) is 5.88 Å². The van der Waals surface area contributed by atoms with Crippen molar-refractivity contribution in [1.29, 1.82) is 5.26 Å². The van der Waals surface area contributed by atoms with Crippen molar-refractivity contribution in [3.05, 3.63) is 41.4 Å². The fraction of sp³-hybridized carbons (Fsp3) is 0.450. The smallest absolute Gasteiger partial charge is 0.343 e. The second-order valence-electron chi connectivity index (χ2n) is 7.02. The molecule has 0 bridgehead atoms. The van der Waals surface area contributed by atoms with Gasteiger partial charge in [-0.1, -0.05) is 6.92 Å². The number of rotatable bonds is 5. The van der Waals surface area contributed by atoms with Gasteiger partial charge in [0.05, 0.1) is 0 Å². The SMILES string of the molecule is Cc1oc(-n2cccc2)c(C#N)c1C(=O)OCC(=O)NC1CCC(C)CC1. The van der Waals surface area contributed by atoms with Crippen LogP contribution in [0.2, 0.25) is 0 Å². The summed E-state index contributed by atoms with van der Waals surface area (Å²) in [6.07, 6.45) is 7.50. The van der Waals surface area contributed by atoms with Gasteiger partial charge in [0.25, 0.3) is 5.91 Å². The van der Waals surface area contributed by atoms with Crippen LogP contribution >= 0.6 is 0 Å². The fourth-order valence-corrected chi connectivity index (χ4v) is 3.41. The number of hydrogen-bond acceptors (Lipinski definition) is 5. The normalized spacial score (nSPS) is 19.3. The molecule has 1 saturated carbocycles. The molecule has 0 radical (unpaired) electrons. The number of nitrogens with one attached hydrogen (secondary N) is 1. The monoisotopic (exact) mass is 369 g/mol. The molecule has 2 heterocycles. The molecule has 2 aromatic rings. The number of ether oxygens (including phenoxy) is 1. The number of aromatic nitrogens is 1. The molecule has 142 valence electrons. The Labute approximate surface area is 157 Å². The number of carbonyl (C=O) groups is 2. The minimum Gasteiger partial charge on any atom is -0.452 e. The quantitative estimate of drug-likeness (QED) is 0.817. The summed E-state index contributed by atoms with van der Waals surface area (Å²) >= 11 is 0. The molecular formula is C20H23N3O4. The maximum absolute atomic E-state index is 12.4. The van der Waals surface area contributed by atoms with E-state index < -0.39 is 5.97 Å². The van der Waals surface area contributed by atoms with Crippen molar-refractivity contribution in [1.82, 2.24) is 9.88 Å². The van der Waals surface area contributed by atoms with Gasteiger partial charge in [-0.2, -0.15) is 5.26 Å². The number of nitrogens with zero attached hydrogens (tertiary/aromatic N) is 2. The average Bonchev–Trinajstić information content (AvgIpc) is 3.29. The number of furan rings is 1.